The van der Waals surface area contributed by atoms with Gasteiger partial charge in [0.25, 0.3) is 5.91 Å². The summed E-state index contributed by atoms with van der Waals surface area (Å²) >= 11 is 0. The van der Waals surface area contributed by atoms with Crippen LogP contribution in [0.4, 0.5) is 4.79 Å². The van der Waals surface area contributed by atoms with Crippen LogP contribution in [0.15, 0.2) is 30.3 Å². The van der Waals surface area contributed by atoms with E-state index in [1.807, 2.05) is 30.3 Å². The number of nitrogens with one attached hydrogen (secondary N) is 1. The summed E-state index contributed by atoms with van der Waals surface area (Å²) in [6, 6.07) is 8.56. The van der Waals surface area contributed by atoms with Crippen LogP contribution in [0.25, 0.3) is 0 Å². The van der Waals surface area contributed by atoms with Gasteiger partial charge in [-0.1, -0.05) is 30.3 Å². The second-order valence-corrected chi connectivity index (χ2v) is 4.36. The highest BCUT2D eigenvalue weighted by atomic mass is 16.5. The van der Waals surface area contributed by atoms with Crippen molar-refractivity contribution in [2.75, 3.05) is 6.54 Å². The zero-order chi connectivity index (χ0) is 13.7. The Hall–Kier alpha value is -2.08. The summed E-state index contributed by atoms with van der Waals surface area (Å²) in [6.07, 6.45) is 0.500. The molecule has 6 nitrogen and oxygen atoms in total. The van der Waals surface area contributed by atoms with Gasteiger partial charge in [0.05, 0.1) is 0 Å². The standard InChI is InChI=1S/C13H16N2O4/c16-12-11(7-4-8-15(12)18)14-13(17)19-9-10-5-2-1-3-6-10/h1-3,5-6,11,18H,4,7-9H2,(H,14,17)/t11-/m0/s1. The maximum absolute atomic E-state index is 11.6. The van der Waals surface area contributed by atoms with Crippen molar-refractivity contribution in [2.24, 2.45) is 0 Å². The molecule has 6 heteroatoms. The first kappa shape index (κ1) is 13.4. The largest absolute Gasteiger partial charge is 0.445 e. The zero-order valence-corrected chi connectivity index (χ0v) is 10.4. The van der Waals surface area contributed by atoms with Gasteiger partial charge in [0.15, 0.2) is 0 Å². The van der Waals surface area contributed by atoms with E-state index in [2.05, 4.69) is 5.32 Å². The predicted octanol–water partition coefficient (Wildman–Crippen LogP) is 1.29. The van der Waals surface area contributed by atoms with Gasteiger partial charge in [0.1, 0.15) is 12.6 Å². The highest BCUT2D eigenvalue weighted by Gasteiger charge is 2.29. The minimum absolute atomic E-state index is 0.149. The summed E-state index contributed by atoms with van der Waals surface area (Å²) in [5, 5.41) is 12.3. The zero-order valence-electron chi connectivity index (χ0n) is 10.4. The van der Waals surface area contributed by atoms with Crippen molar-refractivity contribution in [3.63, 3.8) is 0 Å². The van der Waals surface area contributed by atoms with Gasteiger partial charge in [-0.15, -0.1) is 0 Å². The van der Waals surface area contributed by atoms with Gasteiger partial charge in [0, 0.05) is 6.54 Å². The van der Waals surface area contributed by atoms with Gasteiger partial charge in [-0.05, 0) is 18.4 Å². The summed E-state index contributed by atoms with van der Waals surface area (Å²) in [6.45, 7) is 0.451. The van der Waals surface area contributed by atoms with E-state index in [0.29, 0.717) is 24.4 Å². The van der Waals surface area contributed by atoms with Crippen LogP contribution in [0.3, 0.4) is 0 Å². The second kappa shape index (κ2) is 6.19. The molecule has 0 bridgehead atoms. The Labute approximate surface area is 110 Å². The van der Waals surface area contributed by atoms with Crippen molar-refractivity contribution < 1.29 is 19.5 Å². The summed E-state index contributed by atoms with van der Waals surface area (Å²) < 4.78 is 5.01. The Morgan fingerprint density at radius 1 is 1.42 bits per heavy atom. The normalized spacial score (nSPS) is 19.1. The minimum Gasteiger partial charge on any atom is -0.445 e. The van der Waals surface area contributed by atoms with Crippen LogP contribution < -0.4 is 5.32 Å². The first-order valence-electron chi connectivity index (χ1n) is 6.14. The van der Waals surface area contributed by atoms with Crippen molar-refractivity contribution in [1.29, 1.82) is 0 Å². The van der Waals surface area contributed by atoms with Crippen LogP contribution in [0, 0.1) is 0 Å². The average molecular weight is 264 g/mol. The molecule has 0 unspecified atom stereocenters. The molecule has 0 saturated carbocycles. The Morgan fingerprint density at radius 2 is 2.16 bits per heavy atom. The smallest absolute Gasteiger partial charge is 0.408 e. The minimum atomic E-state index is -0.706. The molecule has 1 heterocycles. The van der Waals surface area contributed by atoms with Crippen LogP contribution >= 0.6 is 0 Å². The summed E-state index contributed by atoms with van der Waals surface area (Å²) in [7, 11) is 0. The Morgan fingerprint density at radius 3 is 2.89 bits per heavy atom. The number of ether oxygens (including phenoxy) is 1. The van der Waals surface area contributed by atoms with Crippen molar-refractivity contribution in [1.82, 2.24) is 10.4 Å². The number of hydrogen-bond donors (Lipinski definition) is 2. The number of hydrogen-bond acceptors (Lipinski definition) is 4. The van der Waals surface area contributed by atoms with E-state index in [1.165, 1.54) is 0 Å². The van der Waals surface area contributed by atoms with Gasteiger partial charge in [-0.3, -0.25) is 10.0 Å². The van der Waals surface area contributed by atoms with Gasteiger partial charge in [-0.2, -0.15) is 0 Å². The Kier molecular flexibility index (Phi) is 4.35. The molecule has 1 aliphatic heterocycles. The van der Waals surface area contributed by atoms with E-state index in [4.69, 9.17) is 4.74 Å². The molecule has 19 heavy (non-hydrogen) atoms. The third kappa shape index (κ3) is 3.69. The van der Waals surface area contributed by atoms with Crippen molar-refractivity contribution in [3.05, 3.63) is 35.9 Å². The summed E-state index contributed by atoms with van der Waals surface area (Å²) in [5.41, 5.74) is 0.872. The lowest BCUT2D eigenvalue weighted by molar-refractivity contribution is -0.172. The van der Waals surface area contributed by atoms with Gasteiger partial charge in [0.2, 0.25) is 0 Å². The Bertz CT molecular complexity index is 449. The molecule has 0 spiro atoms. The quantitative estimate of drug-likeness (QED) is 0.806. The molecule has 2 rings (SSSR count). The summed E-state index contributed by atoms with van der Waals surface area (Å²) in [4.78, 5) is 23.1. The number of hydroxylamine groups is 2. The van der Waals surface area contributed by atoms with Crippen molar-refractivity contribution in [2.45, 2.75) is 25.5 Å². The monoisotopic (exact) mass is 264 g/mol. The highest BCUT2D eigenvalue weighted by molar-refractivity contribution is 5.85. The number of benzene rings is 1. The molecule has 0 aromatic heterocycles. The van der Waals surface area contributed by atoms with E-state index in [0.717, 1.165) is 5.56 Å². The topological polar surface area (TPSA) is 78.9 Å². The first-order valence-corrected chi connectivity index (χ1v) is 6.14. The van der Waals surface area contributed by atoms with Crippen LogP contribution in [0.2, 0.25) is 0 Å². The lowest BCUT2D eigenvalue weighted by Gasteiger charge is -2.27. The SMILES string of the molecule is O=C(N[C@H]1CCCN(O)C1=O)OCc1ccccc1. The number of piperidine rings is 1. The molecule has 1 atom stereocenters. The lowest BCUT2D eigenvalue weighted by Crippen LogP contribution is -2.51. The van der Waals surface area contributed by atoms with Crippen LogP contribution in [0.1, 0.15) is 18.4 Å². The molecule has 1 aromatic carbocycles. The van der Waals surface area contributed by atoms with E-state index < -0.39 is 18.0 Å². The van der Waals surface area contributed by atoms with Gasteiger partial charge in [-0.25, -0.2) is 9.86 Å². The second-order valence-electron chi connectivity index (χ2n) is 4.36. The van der Waals surface area contributed by atoms with Gasteiger partial charge >= 0.3 is 6.09 Å². The molecule has 102 valence electrons. The van der Waals surface area contributed by atoms with E-state index in [9.17, 15) is 14.8 Å². The molecule has 0 aliphatic carbocycles. The number of carbonyl (C=O) groups excluding carboxylic acids is 2. The molecule has 2 N–H and O–H groups in total. The maximum Gasteiger partial charge on any atom is 0.408 e. The number of alkyl carbamates (subject to hydrolysis) is 1. The number of carbonyl (C=O) groups is 2. The van der Waals surface area contributed by atoms with E-state index >= 15 is 0 Å². The molecule has 1 fully saturated rings. The third-order valence-corrected chi connectivity index (χ3v) is 2.92. The fourth-order valence-electron chi connectivity index (χ4n) is 1.90. The molecule has 1 saturated heterocycles. The van der Waals surface area contributed by atoms with Gasteiger partial charge < -0.3 is 10.1 Å². The molecule has 1 aromatic rings. The number of nitrogens with zero attached hydrogens (tertiary/aromatic N) is 1. The van der Waals surface area contributed by atoms with Crippen LogP contribution in [0.5, 0.6) is 0 Å². The van der Waals surface area contributed by atoms with Crippen LogP contribution in [-0.2, 0) is 16.1 Å². The number of amides is 2. The lowest BCUT2D eigenvalue weighted by atomic mass is 10.1. The van der Waals surface area contributed by atoms with Crippen LogP contribution in [-0.4, -0.2) is 34.9 Å². The maximum atomic E-state index is 11.6. The predicted molar refractivity (Wildman–Crippen MR) is 66.3 cm³/mol. The Balaban J connectivity index is 1.79. The highest BCUT2D eigenvalue weighted by Crippen LogP contribution is 2.10. The summed E-state index contributed by atoms with van der Waals surface area (Å²) in [5.74, 6) is -0.497. The number of rotatable bonds is 3. The molecule has 2 amide bonds. The van der Waals surface area contributed by atoms with E-state index in [-0.39, 0.29) is 6.61 Å². The first-order chi connectivity index (χ1) is 9.16. The fourth-order valence-corrected chi connectivity index (χ4v) is 1.90. The molecular weight excluding hydrogens is 248 g/mol. The third-order valence-electron chi connectivity index (χ3n) is 2.92. The molecule has 0 radical (unpaired) electrons. The van der Waals surface area contributed by atoms with Crippen molar-refractivity contribution in [3.8, 4) is 0 Å². The molecular formula is C13H16N2O4. The van der Waals surface area contributed by atoms with Crippen molar-refractivity contribution >= 4 is 12.0 Å². The fraction of sp³-hybridized carbons (Fsp3) is 0.385. The average Bonchev–Trinajstić information content (AvgIpc) is 2.43. The van der Waals surface area contributed by atoms with E-state index in [1.54, 1.807) is 0 Å². The molecule has 1 aliphatic rings.